The zero-order chi connectivity index (χ0) is 14.9. The number of aromatic nitrogens is 1. The van der Waals surface area contributed by atoms with E-state index in [2.05, 4.69) is 41.6 Å². The van der Waals surface area contributed by atoms with Crippen LogP contribution in [0.4, 0.5) is 14.6 Å². The molecule has 0 aliphatic rings. The van der Waals surface area contributed by atoms with Gasteiger partial charge in [0.15, 0.2) is 0 Å². The molecule has 0 aliphatic carbocycles. The molecule has 0 bridgehead atoms. The van der Waals surface area contributed by atoms with E-state index in [9.17, 15) is 17.2 Å². The maximum Gasteiger partial charge on any atom is 0.267 e. The Kier molecular flexibility index (Phi) is 4.40. The molecule has 0 atom stereocenters. The molecular formula is C11H6Br2F2N2O2S. The number of hydrogen-bond donors (Lipinski definition) is 1. The minimum atomic E-state index is -4.22. The van der Waals surface area contributed by atoms with Crippen LogP contribution < -0.4 is 4.72 Å². The molecule has 0 saturated heterocycles. The van der Waals surface area contributed by atoms with Gasteiger partial charge in [-0.15, -0.1) is 0 Å². The molecule has 4 nitrogen and oxygen atoms in total. The molecule has 0 aliphatic heterocycles. The van der Waals surface area contributed by atoms with Gasteiger partial charge in [0.2, 0.25) is 0 Å². The van der Waals surface area contributed by atoms with E-state index in [1.807, 2.05) is 0 Å². The summed E-state index contributed by atoms with van der Waals surface area (Å²) in [6.07, 6.45) is 1.38. The minimum absolute atomic E-state index is 0.0174. The Bertz CT molecular complexity index is 729. The Morgan fingerprint density at radius 3 is 2.40 bits per heavy atom. The SMILES string of the molecule is O=S(=O)(Nc1ccc(Br)cn1)c1c(F)cc(F)cc1Br. The van der Waals surface area contributed by atoms with Crippen LogP contribution in [0.1, 0.15) is 0 Å². The molecule has 1 aromatic heterocycles. The van der Waals surface area contributed by atoms with Gasteiger partial charge in [0, 0.05) is 21.2 Å². The zero-order valence-corrected chi connectivity index (χ0v) is 13.6. The monoisotopic (exact) mass is 426 g/mol. The van der Waals surface area contributed by atoms with E-state index in [4.69, 9.17) is 0 Å². The second-order valence-electron chi connectivity index (χ2n) is 3.67. The van der Waals surface area contributed by atoms with Gasteiger partial charge in [-0.3, -0.25) is 4.72 Å². The molecule has 1 aromatic carbocycles. The third-order valence-corrected chi connectivity index (χ3v) is 4.99. The third-order valence-electron chi connectivity index (χ3n) is 2.20. The highest BCUT2D eigenvalue weighted by atomic mass is 79.9. The fraction of sp³-hybridized carbons (Fsp3) is 0. The standard InChI is InChI=1S/C11H6Br2F2N2O2S/c12-6-1-2-10(16-5-6)17-20(18,19)11-8(13)3-7(14)4-9(11)15/h1-5H,(H,16,17). The van der Waals surface area contributed by atoms with E-state index in [1.165, 1.54) is 12.3 Å². The van der Waals surface area contributed by atoms with Crippen LogP contribution in [-0.4, -0.2) is 13.4 Å². The summed E-state index contributed by atoms with van der Waals surface area (Å²) >= 11 is 5.98. The molecule has 2 aromatic rings. The van der Waals surface area contributed by atoms with Crippen molar-refractivity contribution in [3.8, 4) is 0 Å². The number of nitrogens with zero attached hydrogens (tertiary/aromatic N) is 1. The van der Waals surface area contributed by atoms with Gasteiger partial charge in [-0.2, -0.15) is 0 Å². The van der Waals surface area contributed by atoms with Gasteiger partial charge < -0.3 is 0 Å². The molecular weight excluding hydrogens is 422 g/mol. The number of pyridine rings is 1. The Hall–Kier alpha value is -1.06. The average molecular weight is 428 g/mol. The molecule has 1 heterocycles. The first-order valence-electron chi connectivity index (χ1n) is 5.08. The van der Waals surface area contributed by atoms with Crippen molar-refractivity contribution >= 4 is 47.7 Å². The topological polar surface area (TPSA) is 59.1 Å². The van der Waals surface area contributed by atoms with E-state index in [0.717, 1.165) is 6.07 Å². The van der Waals surface area contributed by atoms with Crippen LogP contribution in [0.5, 0.6) is 0 Å². The molecule has 0 amide bonds. The van der Waals surface area contributed by atoms with Gasteiger partial charge in [0.05, 0.1) is 0 Å². The zero-order valence-electron chi connectivity index (χ0n) is 9.57. The highest BCUT2D eigenvalue weighted by Gasteiger charge is 2.24. The molecule has 0 unspecified atom stereocenters. The smallest absolute Gasteiger partial charge is 0.263 e. The third kappa shape index (κ3) is 3.33. The molecule has 0 radical (unpaired) electrons. The highest BCUT2D eigenvalue weighted by Crippen LogP contribution is 2.27. The summed E-state index contributed by atoms with van der Waals surface area (Å²) in [6, 6.07) is 4.33. The van der Waals surface area contributed by atoms with Crippen molar-refractivity contribution in [2.75, 3.05) is 4.72 Å². The number of halogens is 4. The van der Waals surface area contributed by atoms with Crippen LogP contribution in [0.15, 0.2) is 44.3 Å². The van der Waals surface area contributed by atoms with Crippen molar-refractivity contribution in [3.63, 3.8) is 0 Å². The molecule has 1 N–H and O–H groups in total. The van der Waals surface area contributed by atoms with Crippen molar-refractivity contribution in [1.29, 1.82) is 0 Å². The summed E-state index contributed by atoms with van der Waals surface area (Å²) in [5.41, 5.74) is 0. The lowest BCUT2D eigenvalue weighted by molar-refractivity contribution is 0.548. The summed E-state index contributed by atoms with van der Waals surface area (Å²) < 4.78 is 53.4. The van der Waals surface area contributed by atoms with Gasteiger partial charge >= 0.3 is 0 Å². The van der Waals surface area contributed by atoms with Gasteiger partial charge in [0.1, 0.15) is 22.3 Å². The summed E-state index contributed by atoms with van der Waals surface area (Å²) in [7, 11) is -4.22. The maximum atomic E-state index is 13.7. The Morgan fingerprint density at radius 2 is 1.85 bits per heavy atom. The first kappa shape index (κ1) is 15.3. The summed E-state index contributed by atoms with van der Waals surface area (Å²) in [5.74, 6) is -2.06. The molecule has 0 saturated carbocycles. The Morgan fingerprint density at radius 1 is 1.15 bits per heavy atom. The van der Waals surface area contributed by atoms with Gasteiger partial charge in [0.25, 0.3) is 10.0 Å². The molecule has 9 heteroatoms. The fourth-order valence-corrected chi connectivity index (χ4v) is 3.82. The van der Waals surface area contributed by atoms with E-state index in [1.54, 1.807) is 6.07 Å². The van der Waals surface area contributed by atoms with Crippen molar-refractivity contribution < 1.29 is 17.2 Å². The Labute approximate surface area is 130 Å². The quantitative estimate of drug-likeness (QED) is 0.812. The number of nitrogens with one attached hydrogen (secondary N) is 1. The van der Waals surface area contributed by atoms with Crippen molar-refractivity contribution in [2.45, 2.75) is 4.90 Å². The van der Waals surface area contributed by atoms with Crippen LogP contribution in [0.3, 0.4) is 0 Å². The average Bonchev–Trinajstić information content (AvgIpc) is 2.30. The van der Waals surface area contributed by atoms with Gasteiger partial charge in [-0.05, 0) is 50.1 Å². The summed E-state index contributed by atoms with van der Waals surface area (Å²) in [4.78, 5) is 3.14. The molecule has 0 spiro atoms. The first-order valence-corrected chi connectivity index (χ1v) is 8.15. The lowest BCUT2D eigenvalue weighted by Gasteiger charge is -2.10. The van der Waals surface area contributed by atoms with Crippen LogP contribution in [-0.2, 0) is 10.0 Å². The van der Waals surface area contributed by atoms with Gasteiger partial charge in [-0.25, -0.2) is 22.2 Å². The predicted octanol–water partition coefficient (Wildman–Crippen LogP) is 3.69. The largest absolute Gasteiger partial charge is 0.267 e. The Balaban J connectivity index is 2.43. The van der Waals surface area contributed by atoms with E-state index in [-0.39, 0.29) is 10.3 Å². The number of anilines is 1. The van der Waals surface area contributed by atoms with Crippen molar-refractivity contribution in [2.24, 2.45) is 0 Å². The van der Waals surface area contributed by atoms with E-state index >= 15 is 0 Å². The van der Waals surface area contributed by atoms with Crippen LogP contribution >= 0.6 is 31.9 Å². The van der Waals surface area contributed by atoms with Crippen molar-refractivity contribution in [1.82, 2.24) is 4.98 Å². The highest BCUT2D eigenvalue weighted by molar-refractivity contribution is 9.10. The second-order valence-corrected chi connectivity index (χ2v) is 7.05. The van der Waals surface area contributed by atoms with Crippen LogP contribution in [0.25, 0.3) is 0 Å². The van der Waals surface area contributed by atoms with Gasteiger partial charge in [-0.1, -0.05) is 0 Å². The normalized spacial score (nSPS) is 11.4. The molecule has 0 fully saturated rings. The lowest BCUT2D eigenvalue weighted by atomic mass is 10.3. The van der Waals surface area contributed by atoms with Crippen LogP contribution in [0, 0.1) is 11.6 Å². The second kappa shape index (κ2) is 5.74. The van der Waals surface area contributed by atoms with E-state index in [0.29, 0.717) is 10.5 Å². The molecule has 2 rings (SSSR count). The molecule has 106 valence electrons. The molecule has 20 heavy (non-hydrogen) atoms. The number of hydrogen-bond acceptors (Lipinski definition) is 3. The van der Waals surface area contributed by atoms with Crippen LogP contribution in [0.2, 0.25) is 0 Å². The summed E-state index contributed by atoms with van der Waals surface area (Å²) in [6.45, 7) is 0. The number of sulfonamides is 1. The fourth-order valence-electron chi connectivity index (χ4n) is 1.41. The maximum absolute atomic E-state index is 13.7. The first-order chi connectivity index (χ1) is 9.29. The predicted molar refractivity (Wildman–Crippen MR) is 76.8 cm³/mol. The van der Waals surface area contributed by atoms with Crippen molar-refractivity contribution in [3.05, 3.63) is 51.0 Å². The number of benzene rings is 1. The van der Waals surface area contributed by atoms with E-state index < -0.39 is 26.6 Å². The summed E-state index contributed by atoms with van der Waals surface area (Å²) in [5, 5.41) is 0. The lowest BCUT2D eigenvalue weighted by Crippen LogP contribution is -2.16. The minimum Gasteiger partial charge on any atom is -0.263 e. The number of rotatable bonds is 3.